The molecule has 26 heavy (non-hydrogen) atoms. The first-order valence-corrected chi connectivity index (χ1v) is 9.37. The van der Waals surface area contributed by atoms with Gasteiger partial charge in [0, 0.05) is 16.3 Å². The Balaban J connectivity index is 2.13. The van der Waals surface area contributed by atoms with Gasteiger partial charge in [0.1, 0.15) is 0 Å². The summed E-state index contributed by atoms with van der Waals surface area (Å²) in [6, 6.07) is 9.67. The highest BCUT2D eigenvalue weighted by atomic mass is 32.1. The lowest BCUT2D eigenvalue weighted by Crippen LogP contribution is -2.24. The van der Waals surface area contributed by atoms with Crippen LogP contribution in [0.3, 0.4) is 0 Å². The van der Waals surface area contributed by atoms with E-state index >= 15 is 0 Å². The predicted octanol–water partition coefficient (Wildman–Crippen LogP) is 4.63. The fraction of sp³-hybridized carbons (Fsp3) is 0.238. The number of nitrogens with zero attached hydrogens (tertiary/aromatic N) is 1. The Labute approximate surface area is 157 Å². The van der Waals surface area contributed by atoms with Crippen LogP contribution in [0.5, 0.6) is 0 Å². The van der Waals surface area contributed by atoms with Gasteiger partial charge < -0.3 is 4.74 Å². The van der Waals surface area contributed by atoms with E-state index in [1.165, 1.54) is 0 Å². The number of amides is 1. The zero-order valence-corrected chi connectivity index (χ0v) is 16.1. The van der Waals surface area contributed by atoms with Crippen molar-refractivity contribution in [3.05, 3.63) is 68.6 Å². The van der Waals surface area contributed by atoms with Crippen LogP contribution in [0.15, 0.2) is 52.6 Å². The molecule has 3 rings (SSSR count). The summed E-state index contributed by atoms with van der Waals surface area (Å²) in [7, 11) is 0. The number of hydrogen-bond acceptors (Lipinski definition) is 4. The fourth-order valence-electron chi connectivity index (χ4n) is 2.95. The molecule has 134 valence electrons. The molecule has 4 nitrogen and oxygen atoms in total. The van der Waals surface area contributed by atoms with Crippen LogP contribution in [0.25, 0.3) is 6.08 Å². The van der Waals surface area contributed by atoms with E-state index in [4.69, 9.17) is 4.74 Å². The molecule has 0 bridgehead atoms. The van der Waals surface area contributed by atoms with Crippen LogP contribution in [0.2, 0.25) is 0 Å². The molecule has 2 heterocycles. The number of rotatable bonds is 4. The van der Waals surface area contributed by atoms with E-state index in [1.807, 2.05) is 49.6 Å². The molecule has 1 aliphatic rings. The number of benzene rings is 1. The topological polar surface area (TPSA) is 46.6 Å². The summed E-state index contributed by atoms with van der Waals surface area (Å²) >= 11 is 1.54. The number of carbonyl (C=O) groups is 2. The summed E-state index contributed by atoms with van der Waals surface area (Å²) < 4.78 is 5.21. The minimum absolute atomic E-state index is 0.206. The van der Waals surface area contributed by atoms with Crippen LogP contribution < -0.4 is 4.90 Å². The minimum Gasteiger partial charge on any atom is -0.462 e. The first-order valence-electron chi connectivity index (χ1n) is 8.49. The lowest BCUT2D eigenvalue weighted by molar-refractivity contribution is -0.138. The van der Waals surface area contributed by atoms with Gasteiger partial charge in [0.25, 0.3) is 5.91 Å². The average Bonchev–Trinajstić information content (AvgIpc) is 3.11. The number of anilines is 1. The maximum absolute atomic E-state index is 13.2. The highest BCUT2D eigenvalue weighted by Gasteiger charge is 2.38. The summed E-state index contributed by atoms with van der Waals surface area (Å²) in [5.74, 6) is -0.671. The predicted molar refractivity (Wildman–Crippen MR) is 105 cm³/mol. The quantitative estimate of drug-likeness (QED) is 0.584. The lowest BCUT2D eigenvalue weighted by Gasteiger charge is -2.18. The number of ether oxygens (including phenoxy) is 1. The third-order valence-electron chi connectivity index (χ3n) is 4.35. The zero-order valence-electron chi connectivity index (χ0n) is 15.3. The maximum atomic E-state index is 13.2. The van der Waals surface area contributed by atoms with Gasteiger partial charge in [-0.05, 0) is 62.9 Å². The molecule has 0 radical (unpaired) electrons. The van der Waals surface area contributed by atoms with Crippen molar-refractivity contribution in [3.63, 3.8) is 0 Å². The van der Waals surface area contributed by atoms with E-state index < -0.39 is 5.97 Å². The van der Waals surface area contributed by atoms with Gasteiger partial charge in [0.15, 0.2) is 0 Å². The molecular weight excluding hydrogens is 346 g/mol. The molecule has 0 atom stereocenters. The van der Waals surface area contributed by atoms with Gasteiger partial charge in [0.05, 0.1) is 17.8 Å². The lowest BCUT2D eigenvalue weighted by atomic mass is 10.1. The van der Waals surface area contributed by atoms with Gasteiger partial charge in [-0.1, -0.05) is 17.7 Å². The van der Waals surface area contributed by atoms with Crippen molar-refractivity contribution < 1.29 is 14.3 Å². The molecule has 0 N–H and O–H groups in total. The first kappa shape index (κ1) is 18.1. The molecule has 5 heteroatoms. The Morgan fingerprint density at radius 2 is 1.85 bits per heavy atom. The van der Waals surface area contributed by atoms with Gasteiger partial charge in [-0.2, -0.15) is 0 Å². The summed E-state index contributed by atoms with van der Waals surface area (Å²) in [4.78, 5) is 28.3. The van der Waals surface area contributed by atoms with E-state index in [9.17, 15) is 9.59 Å². The average molecular weight is 367 g/mol. The minimum atomic E-state index is -0.464. The van der Waals surface area contributed by atoms with Crippen molar-refractivity contribution in [2.24, 2.45) is 0 Å². The molecule has 0 unspecified atom stereocenters. The van der Waals surface area contributed by atoms with Gasteiger partial charge in [-0.25, -0.2) is 4.79 Å². The van der Waals surface area contributed by atoms with Crippen molar-refractivity contribution in [1.82, 2.24) is 0 Å². The number of allylic oxidation sites excluding steroid dienone is 1. The smallest absolute Gasteiger partial charge is 0.340 e. The summed E-state index contributed by atoms with van der Waals surface area (Å²) in [5, 5.41) is 1.97. The van der Waals surface area contributed by atoms with Crippen LogP contribution in [-0.4, -0.2) is 18.5 Å². The maximum Gasteiger partial charge on any atom is 0.340 e. The molecule has 0 aliphatic carbocycles. The van der Waals surface area contributed by atoms with E-state index in [0.717, 1.165) is 21.7 Å². The molecule has 0 saturated heterocycles. The molecule has 1 aliphatic heterocycles. The number of aryl methyl sites for hydroxylation is 2. The van der Waals surface area contributed by atoms with Crippen LogP contribution in [-0.2, 0) is 14.3 Å². The number of hydrogen-bond donors (Lipinski definition) is 0. The number of esters is 1. The molecule has 1 amide bonds. The first-order chi connectivity index (χ1) is 12.4. The molecule has 0 saturated carbocycles. The SMILES string of the molecule is CCOC(=O)C1=C(C)N(c2ccc(C)cc2)C(=O)/C1=C\c1sccc1C. The number of carbonyl (C=O) groups excluding carboxylic acids is 2. The second-order valence-electron chi connectivity index (χ2n) is 6.18. The van der Waals surface area contributed by atoms with Gasteiger partial charge in [0.2, 0.25) is 0 Å². The van der Waals surface area contributed by atoms with E-state index in [-0.39, 0.29) is 12.5 Å². The van der Waals surface area contributed by atoms with Gasteiger partial charge in [-0.15, -0.1) is 11.3 Å². The van der Waals surface area contributed by atoms with Crippen LogP contribution in [0.1, 0.15) is 29.9 Å². The van der Waals surface area contributed by atoms with Crippen LogP contribution in [0, 0.1) is 13.8 Å². The summed E-state index contributed by atoms with van der Waals surface area (Å²) in [6.45, 7) is 7.79. The molecule has 1 aromatic heterocycles. The fourth-order valence-corrected chi connectivity index (χ4v) is 3.81. The molecular formula is C21H21NO3S. The van der Waals surface area contributed by atoms with Gasteiger partial charge in [-0.3, -0.25) is 9.69 Å². The molecule has 0 fully saturated rings. The summed E-state index contributed by atoms with van der Waals surface area (Å²) in [6.07, 6.45) is 1.80. The molecule has 1 aromatic carbocycles. The van der Waals surface area contributed by atoms with Crippen molar-refractivity contribution in [2.75, 3.05) is 11.5 Å². The second-order valence-corrected chi connectivity index (χ2v) is 7.13. The standard InChI is InChI=1S/C21H21NO3S/c1-5-25-21(24)19-15(4)22(16-8-6-13(2)7-9-16)20(23)17(19)12-18-14(3)10-11-26-18/h6-12H,5H2,1-4H3/b17-12-. The Kier molecular flexibility index (Phi) is 5.09. The van der Waals surface area contributed by atoms with E-state index in [1.54, 1.807) is 36.2 Å². The normalized spacial score (nSPS) is 15.9. The van der Waals surface area contributed by atoms with Crippen LogP contribution >= 0.6 is 11.3 Å². The summed E-state index contributed by atoms with van der Waals surface area (Å²) in [5.41, 5.74) is 4.24. The van der Waals surface area contributed by atoms with Gasteiger partial charge >= 0.3 is 5.97 Å². The zero-order chi connectivity index (χ0) is 18.8. The Bertz CT molecular complexity index is 919. The van der Waals surface area contributed by atoms with Crippen molar-refractivity contribution in [3.8, 4) is 0 Å². The second kappa shape index (κ2) is 7.30. The highest BCUT2D eigenvalue weighted by molar-refractivity contribution is 7.11. The van der Waals surface area contributed by atoms with Crippen molar-refractivity contribution >= 4 is 35.0 Å². The molecule has 2 aromatic rings. The largest absolute Gasteiger partial charge is 0.462 e. The Hall–Kier alpha value is -2.66. The van der Waals surface area contributed by atoms with Crippen molar-refractivity contribution in [2.45, 2.75) is 27.7 Å². The van der Waals surface area contributed by atoms with Crippen LogP contribution in [0.4, 0.5) is 5.69 Å². The third-order valence-corrected chi connectivity index (χ3v) is 5.31. The third kappa shape index (κ3) is 3.22. The van der Waals surface area contributed by atoms with E-state index in [2.05, 4.69) is 0 Å². The molecule has 0 spiro atoms. The Morgan fingerprint density at radius 1 is 1.15 bits per heavy atom. The number of thiophene rings is 1. The Morgan fingerprint density at radius 3 is 2.42 bits per heavy atom. The van der Waals surface area contributed by atoms with E-state index in [0.29, 0.717) is 16.8 Å². The van der Waals surface area contributed by atoms with Crippen molar-refractivity contribution in [1.29, 1.82) is 0 Å². The highest BCUT2D eigenvalue weighted by Crippen LogP contribution is 2.36. The monoisotopic (exact) mass is 367 g/mol.